The third kappa shape index (κ3) is 5.98. The fourth-order valence-corrected chi connectivity index (χ4v) is 2.84. The summed E-state index contributed by atoms with van der Waals surface area (Å²) in [5.74, 6) is -0.0209. The number of amides is 3. The number of unbranched alkanes of at least 4 members (excludes halogenated alkanes) is 1. The van der Waals surface area contributed by atoms with Gasteiger partial charge in [0.2, 0.25) is 0 Å². The van der Waals surface area contributed by atoms with Crippen LogP contribution in [0.15, 0.2) is 24.5 Å². The Labute approximate surface area is 156 Å². The highest BCUT2D eigenvalue weighted by Crippen LogP contribution is 2.08. The van der Waals surface area contributed by atoms with Crippen molar-refractivity contribution in [1.82, 2.24) is 25.0 Å². The highest BCUT2D eigenvalue weighted by Gasteiger charge is 2.24. The van der Waals surface area contributed by atoms with Crippen LogP contribution in [-0.4, -0.2) is 84.0 Å². The second-order valence-corrected chi connectivity index (χ2v) is 7.03. The lowest BCUT2D eigenvalue weighted by atomic mass is 10.2. The maximum absolute atomic E-state index is 12.4. The van der Waals surface area contributed by atoms with Crippen LogP contribution in [0.1, 0.15) is 37.0 Å². The molecule has 1 aliphatic rings. The van der Waals surface area contributed by atoms with Crippen molar-refractivity contribution in [3.8, 4) is 0 Å². The number of rotatable bonds is 7. The van der Waals surface area contributed by atoms with Gasteiger partial charge in [-0.05, 0) is 52.4 Å². The minimum atomic E-state index is -0.0318. The smallest absolute Gasteiger partial charge is 0.317 e. The van der Waals surface area contributed by atoms with Crippen LogP contribution in [0.5, 0.6) is 0 Å². The van der Waals surface area contributed by atoms with Crippen molar-refractivity contribution in [2.75, 3.05) is 46.3 Å². The molecule has 7 heteroatoms. The van der Waals surface area contributed by atoms with Gasteiger partial charge < -0.3 is 20.0 Å². The van der Waals surface area contributed by atoms with Crippen LogP contribution in [0.2, 0.25) is 0 Å². The molecule has 0 atom stereocenters. The van der Waals surface area contributed by atoms with E-state index in [0.717, 1.165) is 19.4 Å². The van der Waals surface area contributed by atoms with Gasteiger partial charge in [0.25, 0.3) is 5.91 Å². The third-order valence-electron chi connectivity index (χ3n) is 4.86. The van der Waals surface area contributed by atoms with E-state index in [-0.39, 0.29) is 11.9 Å². The number of piperazine rings is 1. The van der Waals surface area contributed by atoms with E-state index in [4.69, 9.17) is 0 Å². The average Bonchev–Trinajstić information content (AvgIpc) is 2.67. The van der Waals surface area contributed by atoms with Crippen molar-refractivity contribution in [3.05, 3.63) is 30.1 Å². The van der Waals surface area contributed by atoms with Gasteiger partial charge in [-0.1, -0.05) is 0 Å². The van der Waals surface area contributed by atoms with Gasteiger partial charge in [0.05, 0.1) is 5.56 Å². The molecular weight excluding hydrogens is 330 g/mol. The van der Waals surface area contributed by atoms with E-state index in [1.54, 1.807) is 34.3 Å². The number of urea groups is 1. The Kier molecular flexibility index (Phi) is 7.84. The minimum absolute atomic E-state index is 0.0209. The van der Waals surface area contributed by atoms with E-state index < -0.39 is 0 Å². The molecule has 2 rings (SSSR count). The number of aromatic nitrogens is 1. The molecule has 0 aliphatic carbocycles. The molecule has 0 bridgehead atoms. The second-order valence-electron chi connectivity index (χ2n) is 7.03. The maximum atomic E-state index is 12.4. The van der Waals surface area contributed by atoms with E-state index in [9.17, 15) is 9.59 Å². The van der Waals surface area contributed by atoms with Crippen LogP contribution >= 0.6 is 0 Å². The van der Waals surface area contributed by atoms with Crippen LogP contribution in [0.25, 0.3) is 0 Å². The van der Waals surface area contributed by atoms with Crippen LogP contribution in [0.3, 0.4) is 0 Å². The fraction of sp³-hybridized carbons (Fsp3) is 0.632. The molecule has 0 aromatic carbocycles. The van der Waals surface area contributed by atoms with Gasteiger partial charge in [0.1, 0.15) is 0 Å². The highest BCUT2D eigenvalue weighted by molar-refractivity contribution is 5.94. The summed E-state index contributed by atoms with van der Waals surface area (Å²) in [5, 5.41) is 2.99. The second kappa shape index (κ2) is 10.1. The molecule has 1 saturated heterocycles. The molecule has 3 amide bonds. The van der Waals surface area contributed by atoms with Crippen molar-refractivity contribution in [3.63, 3.8) is 0 Å². The molecular formula is C19H31N5O2. The monoisotopic (exact) mass is 361 g/mol. The molecule has 1 aromatic heterocycles. The standard InChI is InChI=1S/C19H31N5O2/c1-16(2)22(3)10-5-4-9-21-19(26)24-13-11-23(12-14-24)18(25)17-7-6-8-20-15-17/h6-8,15-16H,4-5,9-14H2,1-3H3,(H,21,26). The highest BCUT2D eigenvalue weighted by atomic mass is 16.2. The zero-order chi connectivity index (χ0) is 18.9. The first-order valence-electron chi connectivity index (χ1n) is 9.41. The fourth-order valence-electron chi connectivity index (χ4n) is 2.84. The Morgan fingerprint density at radius 2 is 1.88 bits per heavy atom. The molecule has 7 nitrogen and oxygen atoms in total. The Morgan fingerprint density at radius 3 is 2.50 bits per heavy atom. The Bertz CT molecular complexity index is 571. The number of carbonyl (C=O) groups excluding carboxylic acids is 2. The van der Waals surface area contributed by atoms with Crippen molar-refractivity contribution in [2.45, 2.75) is 32.7 Å². The van der Waals surface area contributed by atoms with E-state index in [1.165, 1.54) is 0 Å². The van der Waals surface area contributed by atoms with Gasteiger partial charge in [-0.15, -0.1) is 0 Å². The summed E-state index contributed by atoms with van der Waals surface area (Å²) in [6.07, 6.45) is 5.28. The summed E-state index contributed by atoms with van der Waals surface area (Å²) in [7, 11) is 2.12. The molecule has 0 unspecified atom stereocenters. The zero-order valence-electron chi connectivity index (χ0n) is 16.1. The van der Waals surface area contributed by atoms with Crippen molar-refractivity contribution in [2.24, 2.45) is 0 Å². The molecule has 2 heterocycles. The lowest BCUT2D eigenvalue weighted by molar-refractivity contribution is 0.0664. The van der Waals surface area contributed by atoms with E-state index in [1.807, 2.05) is 0 Å². The Morgan fingerprint density at radius 1 is 1.19 bits per heavy atom. The summed E-state index contributed by atoms with van der Waals surface area (Å²) in [4.78, 5) is 34.5. The number of nitrogens with one attached hydrogen (secondary N) is 1. The van der Waals surface area contributed by atoms with Crippen molar-refractivity contribution < 1.29 is 9.59 Å². The zero-order valence-corrected chi connectivity index (χ0v) is 16.1. The number of nitrogens with zero attached hydrogens (tertiary/aromatic N) is 4. The molecule has 26 heavy (non-hydrogen) atoms. The lowest BCUT2D eigenvalue weighted by Crippen LogP contribution is -2.53. The van der Waals surface area contributed by atoms with E-state index in [2.05, 4.69) is 36.1 Å². The summed E-state index contributed by atoms with van der Waals surface area (Å²) < 4.78 is 0. The maximum Gasteiger partial charge on any atom is 0.317 e. The molecule has 1 fully saturated rings. The van der Waals surface area contributed by atoms with Gasteiger partial charge in [0.15, 0.2) is 0 Å². The first-order valence-corrected chi connectivity index (χ1v) is 9.41. The quantitative estimate of drug-likeness (QED) is 0.750. The topological polar surface area (TPSA) is 68.8 Å². The van der Waals surface area contributed by atoms with Gasteiger partial charge in [-0.25, -0.2) is 4.79 Å². The van der Waals surface area contributed by atoms with Gasteiger partial charge in [0, 0.05) is 51.2 Å². The van der Waals surface area contributed by atoms with Gasteiger partial charge in [-0.2, -0.15) is 0 Å². The molecule has 0 spiro atoms. The van der Waals surface area contributed by atoms with Crippen molar-refractivity contribution >= 4 is 11.9 Å². The van der Waals surface area contributed by atoms with Crippen LogP contribution in [-0.2, 0) is 0 Å². The molecule has 0 radical (unpaired) electrons. The number of hydrogen-bond donors (Lipinski definition) is 1. The predicted molar refractivity (Wildman–Crippen MR) is 102 cm³/mol. The van der Waals surface area contributed by atoms with Crippen molar-refractivity contribution in [1.29, 1.82) is 0 Å². The van der Waals surface area contributed by atoms with Crippen LogP contribution in [0, 0.1) is 0 Å². The first-order chi connectivity index (χ1) is 12.5. The van der Waals surface area contributed by atoms with E-state index >= 15 is 0 Å². The summed E-state index contributed by atoms with van der Waals surface area (Å²) in [5.41, 5.74) is 0.594. The molecule has 1 aromatic rings. The summed E-state index contributed by atoms with van der Waals surface area (Å²) in [6.45, 7) is 8.34. The minimum Gasteiger partial charge on any atom is -0.338 e. The summed E-state index contributed by atoms with van der Waals surface area (Å²) in [6, 6.07) is 4.05. The van der Waals surface area contributed by atoms with Gasteiger partial charge in [-0.3, -0.25) is 9.78 Å². The lowest BCUT2D eigenvalue weighted by Gasteiger charge is -2.34. The van der Waals surface area contributed by atoms with Gasteiger partial charge >= 0.3 is 6.03 Å². The normalized spacial score (nSPS) is 14.8. The van der Waals surface area contributed by atoms with E-state index in [0.29, 0.717) is 44.3 Å². The first kappa shape index (κ1) is 20.2. The largest absolute Gasteiger partial charge is 0.338 e. The number of hydrogen-bond acceptors (Lipinski definition) is 4. The third-order valence-corrected chi connectivity index (χ3v) is 4.86. The summed E-state index contributed by atoms with van der Waals surface area (Å²) >= 11 is 0. The number of pyridine rings is 1. The molecule has 144 valence electrons. The number of carbonyl (C=O) groups is 2. The SMILES string of the molecule is CC(C)N(C)CCCCNC(=O)N1CCN(C(=O)c2cccnc2)CC1. The Hall–Kier alpha value is -2.15. The molecule has 1 aliphatic heterocycles. The average molecular weight is 361 g/mol. The predicted octanol–water partition coefficient (Wildman–Crippen LogP) is 1.67. The molecule has 0 saturated carbocycles. The van der Waals surface area contributed by atoms with Crippen LogP contribution in [0.4, 0.5) is 4.79 Å². The Balaban J connectivity index is 1.64. The molecule has 1 N–H and O–H groups in total. The van der Waals surface area contributed by atoms with Crippen LogP contribution < -0.4 is 5.32 Å².